The predicted octanol–water partition coefficient (Wildman–Crippen LogP) is 3.62. The Hall–Kier alpha value is -1.22. The van der Waals surface area contributed by atoms with Crippen LogP contribution in [0.3, 0.4) is 0 Å². The molecule has 0 aliphatic heterocycles. The summed E-state index contributed by atoms with van der Waals surface area (Å²) in [6, 6.07) is 6.51. The van der Waals surface area contributed by atoms with Gasteiger partial charge in [-0.25, -0.2) is 0 Å². The molecule has 1 aromatic carbocycles. The molecule has 3 nitrogen and oxygen atoms in total. The summed E-state index contributed by atoms with van der Waals surface area (Å²) in [6.07, 6.45) is 2.42. The first-order valence-electron chi connectivity index (χ1n) is 7.11. The van der Waals surface area contributed by atoms with E-state index in [2.05, 4.69) is 32.2 Å². The van der Waals surface area contributed by atoms with E-state index < -0.39 is 0 Å². The maximum absolute atomic E-state index is 5.45. The Balaban J connectivity index is 2.72. The minimum Gasteiger partial charge on any atom is -0.493 e. The molecule has 0 bridgehead atoms. The van der Waals surface area contributed by atoms with Gasteiger partial charge in [0.05, 0.1) is 14.2 Å². The molecular weight excluding hydrogens is 238 g/mol. The van der Waals surface area contributed by atoms with Gasteiger partial charge >= 0.3 is 0 Å². The normalized spacial score (nSPS) is 12.5. The van der Waals surface area contributed by atoms with Crippen molar-refractivity contribution in [3.05, 3.63) is 23.8 Å². The highest BCUT2D eigenvalue weighted by Crippen LogP contribution is 2.30. The quantitative estimate of drug-likeness (QED) is 0.778. The second-order valence-electron chi connectivity index (χ2n) is 4.90. The van der Waals surface area contributed by atoms with Crippen LogP contribution in [0.4, 0.5) is 0 Å². The first-order valence-corrected chi connectivity index (χ1v) is 7.11. The van der Waals surface area contributed by atoms with E-state index in [1.54, 1.807) is 14.2 Å². The third kappa shape index (κ3) is 4.13. The summed E-state index contributed by atoms with van der Waals surface area (Å²) in [7, 11) is 3.35. The summed E-state index contributed by atoms with van der Waals surface area (Å²) in [6.45, 7) is 7.55. The summed E-state index contributed by atoms with van der Waals surface area (Å²) in [4.78, 5) is 0. The second kappa shape index (κ2) is 8.05. The van der Waals surface area contributed by atoms with Crippen LogP contribution >= 0.6 is 0 Å². The molecule has 1 unspecified atom stereocenters. The van der Waals surface area contributed by atoms with Crippen LogP contribution in [0.5, 0.6) is 11.5 Å². The first kappa shape index (κ1) is 15.8. The van der Waals surface area contributed by atoms with Crippen molar-refractivity contribution in [2.45, 2.75) is 46.2 Å². The van der Waals surface area contributed by atoms with Gasteiger partial charge < -0.3 is 14.8 Å². The minimum absolute atomic E-state index is 0.505. The fourth-order valence-electron chi connectivity index (χ4n) is 2.53. The molecule has 3 heteroatoms. The van der Waals surface area contributed by atoms with Gasteiger partial charge in [0.2, 0.25) is 0 Å². The molecule has 0 saturated carbocycles. The Bertz CT molecular complexity index is 375. The molecule has 1 aromatic rings. The van der Waals surface area contributed by atoms with Crippen LogP contribution in [-0.2, 0) is 6.54 Å². The van der Waals surface area contributed by atoms with E-state index in [4.69, 9.17) is 9.47 Å². The van der Waals surface area contributed by atoms with Crippen molar-refractivity contribution in [2.24, 2.45) is 5.92 Å². The number of rotatable bonds is 8. The molecule has 0 aliphatic carbocycles. The zero-order valence-electron chi connectivity index (χ0n) is 12.8. The summed E-state index contributed by atoms with van der Waals surface area (Å²) in [5.74, 6) is 2.34. The van der Waals surface area contributed by atoms with Crippen molar-refractivity contribution in [3.8, 4) is 11.5 Å². The second-order valence-corrected chi connectivity index (χ2v) is 4.90. The molecule has 0 aliphatic rings. The molecule has 1 atom stereocenters. The topological polar surface area (TPSA) is 30.5 Å². The number of benzene rings is 1. The molecule has 108 valence electrons. The third-order valence-corrected chi connectivity index (χ3v) is 3.85. The molecule has 0 saturated heterocycles. The van der Waals surface area contributed by atoms with Crippen molar-refractivity contribution in [1.82, 2.24) is 5.32 Å². The number of ether oxygens (including phenoxy) is 2. The highest BCUT2D eigenvalue weighted by atomic mass is 16.5. The maximum atomic E-state index is 5.45. The Morgan fingerprint density at radius 1 is 1.11 bits per heavy atom. The molecular formula is C16H27NO2. The van der Waals surface area contributed by atoms with Crippen molar-refractivity contribution in [1.29, 1.82) is 0 Å². The summed E-state index contributed by atoms with van der Waals surface area (Å²) in [5, 5.41) is 3.59. The Morgan fingerprint density at radius 2 is 1.79 bits per heavy atom. The Labute approximate surface area is 117 Å². The fraction of sp³-hybridized carbons (Fsp3) is 0.625. The number of hydrogen-bond acceptors (Lipinski definition) is 3. The molecule has 0 heterocycles. The van der Waals surface area contributed by atoms with E-state index in [0.29, 0.717) is 6.04 Å². The van der Waals surface area contributed by atoms with Gasteiger partial charge in [0.25, 0.3) is 0 Å². The molecule has 0 radical (unpaired) electrons. The van der Waals surface area contributed by atoms with E-state index in [1.807, 2.05) is 12.1 Å². The molecule has 0 aromatic heterocycles. The van der Waals surface area contributed by atoms with Crippen LogP contribution in [0.1, 0.15) is 39.2 Å². The highest BCUT2D eigenvalue weighted by Gasteiger charge is 2.14. The summed E-state index contributed by atoms with van der Waals surface area (Å²) < 4.78 is 10.8. The predicted molar refractivity (Wildman–Crippen MR) is 79.9 cm³/mol. The molecule has 0 fully saturated rings. The van der Waals surface area contributed by atoms with Crippen LogP contribution in [0.2, 0.25) is 0 Å². The van der Waals surface area contributed by atoms with Crippen LogP contribution < -0.4 is 14.8 Å². The van der Waals surface area contributed by atoms with Crippen molar-refractivity contribution >= 4 is 0 Å². The van der Waals surface area contributed by atoms with E-state index in [0.717, 1.165) is 29.5 Å². The smallest absolute Gasteiger partial charge is 0.165 e. The van der Waals surface area contributed by atoms with Gasteiger partial charge in [-0.1, -0.05) is 38.8 Å². The number of para-hydroxylation sites is 1. The first-order chi connectivity index (χ1) is 9.17. The average molecular weight is 265 g/mol. The number of hydrogen-bond donors (Lipinski definition) is 1. The standard InChI is InChI=1S/C16H27NO2/c1-6-13(7-2)12(3)17-11-14-9-8-10-15(18-4)16(14)19-5/h8-10,12-13,17H,6-7,11H2,1-5H3. The minimum atomic E-state index is 0.505. The summed E-state index contributed by atoms with van der Waals surface area (Å²) in [5.41, 5.74) is 1.14. The van der Waals surface area contributed by atoms with Gasteiger partial charge in [-0.15, -0.1) is 0 Å². The lowest BCUT2D eigenvalue weighted by Crippen LogP contribution is -2.32. The third-order valence-electron chi connectivity index (χ3n) is 3.85. The SMILES string of the molecule is CCC(CC)C(C)NCc1cccc(OC)c1OC. The Morgan fingerprint density at radius 3 is 2.32 bits per heavy atom. The molecule has 19 heavy (non-hydrogen) atoms. The molecule has 1 rings (SSSR count). The number of methoxy groups -OCH3 is 2. The van der Waals surface area contributed by atoms with Gasteiger partial charge in [-0.05, 0) is 18.9 Å². The fourth-order valence-corrected chi connectivity index (χ4v) is 2.53. The van der Waals surface area contributed by atoms with Crippen molar-refractivity contribution in [3.63, 3.8) is 0 Å². The summed E-state index contributed by atoms with van der Waals surface area (Å²) >= 11 is 0. The van der Waals surface area contributed by atoms with E-state index in [-0.39, 0.29) is 0 Å². The van der Waals surface area contributed by atoms with Crippen molar-refractivity contribution in [2.75, 3.05) is 14.2 Å². The van der Waals surface area contributed by atoms with Crippen molar-refractivity contribution < 1.29 is 9.47 Å². The zero-order chi connectivity index (χ0) is 14.3. The molecule has 0 spiro atoms. The Kier molecular flexibility index (Phi) is 6.71. The lowest BCUT2D eigenvalue weighted by atomic mass is 9.95. The van der Waals surface area contributed by atoms with E-state index in [1.165, 1.54) is 12.8 Å². The largest absolute Gasteiger partial charge is 0.493 e. The van der Waals surface area contributed by atoms with E-state index in [9.17, 15) is 0 Å². The average Bonchev–Trinajstić information content (AvgIpc) is 2.45. The van der Waals surface area contributed by atoms with Crippen LogP contribution in [0.15, 0.2) is 18.2 Å². The lowest BCUT2D eigenvalue weighted by molar-refractivity contribution is 0.337. The van der Waals surface area contributed by atoms with Gasteiger partial charge in [0.15, 0.2) is 11.5 Å². The van der Waals surface area contributed by atoms with Gasteiger partial charge in [-0.3, -0.25) is 0 Å². The van der Waals surface area contributed by atoms with Gasteiger partial charge in [0.1, 0.15) is 0 Å². The lowest BCUT2D eigenvalue weighted by Gasteiger charge is -2.23. The highest BCUT2D eigenvalue weighted by molar-refractivity contribution is 5.46. The maximum Gasteiger partial charge on any atom is 0.165 e. The molecule has 0 amide bonds. The zero-order valence-corrected chi connectivity index (χ0v) is 12.8. The van der Waals surface area contributed by atoms with Gasteiger partial charge in [0, 0.05) is 18.2 Å². The van der Waals surface area contributed by atoms with E-state index >= 15 is 0 Å². The monoisotopic (exact) mass is 265 g/mol. The van der Waals surface area contributed by atoms with Crippen LogP contribution in [-0.4, -0.2) is 20.3 Å². The van der Waals surface area contributed by atoms with Gasteiger partial charge in [-0.2, -0.15) is 0 Å². The molecule has 1 N–H and O–H groups in total. The van der Waals surface area contributed by atoms with Crippen LogP contribution in [0, 0.1) is 5.92 Å². The van der Waals surface area contributed by atoms with Crippen LogP contribution in [0.25, 0.3) is 0 Å². The number of nitrogens with one attached hydrogen (secondary N) is 1.